The molecular weight excluding hydrogens is 162 g/mol. The molecule has 1 aliphatic heterocycles. The van der Waals surface area contributed by atoms with Gasteiger partial charge in [0, 0.05) is 5.70 Å². The van der Waals surface area contributed by atoms with Gasteiger partial charge in [-0.1, -0.05) is 0 Å². The van der Waals surface area contributed by atoms with Crippen LogP contribution >= 0.6 is 11.8 Å². The molecule has 4 heteroatoms. The molecule has 0 saturated carbocycles. The molecule has 0 aromatic heterocycles. The average Bonchev–Trinajstić information content (AvgIpc) is 2.37. The second-order valence-corrected chi connectivity index (χ2v) is 3.16. The van der Waals surface area contributed by atoms with Gasteiger partial charge in [0.05, 0.1) is 13.0 Å². The van der Waals surface area contributed by atoms with E-state index in [1.54, 1.807) is 11.8 Å². The Balaban J connectivity index is 2.38. The first kappa shape index (κ1) is 8.46. The third-order valence-corrected chi connectivity index (χ3v) is 2.50. The Kier molecular flexibility index (Phi) is 2.82. The first-order valence-electron chi connectivity index (χ1n) is 3.34. The maximum Gasteiger partial charge on any atom is 0.325 e. The predicted octanol–water partition coefficient (Wildman–Crippen LogP) is 1.03. The zero-order valence-corrected chi connectivity index (χ0v) is 7.48. The summed E-state index contributed by atoms with van der Waals surface area (Å²) in [7, 11) is 1.41. The Bertz CT molecular complexity index is 191. The number of hydrogen-bond acceptors (Lipinski definition) is 4. The van der Waals surface area contributed by atoms with E-state index in [9.17, 15) is 4.79 Å². The molecular formula is C7H11NO2S. The first-order valence-corrected chi connectivity index (χ1v) is 4.39. The quantitative estimate of drug-likeness (QED) is 0.583. The summed E-state index contributed by atoms with van der Waals surface area (Å²) < 4.78 is 4.54. The molecule has 0 radical (unpaired) electrons. The second kappa shape index (κ2) is 3.67. The minimum absolute atomic E-state index is 0.180. The van der Waals surface area contributed by atoms with Crippen LogP contribution in [0.1, 0.15) is 6.92 Å². The van der Waals surface area contributed by atoms with Gasteiger partial charge >= 0.3 is 5.97 Å². The summed E-state index contributed by atoms with van der Waals surface area (Å²) in [6.07, 6.45) is 0. The fourth-order valence-corrected chi connectivity index (χ4v) is 1.75. The number of thioether (sulfide) groups is 1. The van der Waals surface area contributed by atoms with Gasteiger partial charge in [0.2, 0.25) is 0 Å². The number of ether oxygens (including phenoxy) is 1. The molecule has 0 aliphatic carbocycles. The van der Waals surface area contributed by atoms with Gasteiger partial charge in [0.1, 0.15) is 6.54 Å². The average molecular weight is 173 g/mol. The Morgan fingerprint density at radius 2 is 2.64 bits per heavy atom. The van der Waals surface area contributed by atoms with Crippen molar-refractivity contribution in [2.75, 3.05) is 19.5 Å². The van der Waals surface area contributed by atoms with Crippen LogP contribution in [0, 0.1) is 0 Å². The molecule has 0 N–H and O–H groups in total. The Morgan fingerprint density at radius 1 is 1.91 bits per heavy atom. The van der Waals surface area contributed by atoms with E-state index < -0.39 is 0 Å². The van der Waals surface area contributed by atoms with Crippen molar-refractivity contribution in [3.05, 3.63) is 11.1 Å². The molecule has 0 atom stereocenters. The second-order valence-electron chi connectivity index (χ2n) is 2.33. The lowest BCUT2D eigenvalue weighted by Gasteiger charge is -2.16. The predicted molar refractivity (Wildman–Crippen MR) is 44.9 cm³/mol. The molecule has 3 nitrogen and oxygen atoms in total. The van der Waals surface area contributed by atoms with Crippen molar-refractivity contribution in [2.24, 2.45) is 0 Å². The number of esters is 1. The molecule has 0 fully saturated rings. The smallest absolute Gasteiger partial charge is 0.325 e. The van der Waals surface area contributed by atoms with Gasteiger partial charge in [-0.15, -0.1) is 11.8 Å². The summed E-state index contributed by atoms with van der Waals surface area (Å²) in [6, 6.07) is 0. The normalized spacial score (nSPS) is 16.5. The Morgan fingerprint density at radius 3 is 3.09 bits per heavy atom. The number of methoxy groups -OCH3 is 1. The van der Waals surface area contributed by atoms with Crippen molar-refractivity contribution >= 4 is 17.7 Å². The highest BCUT2D eigenvalue weighted by atomic mass is 32.2. The van der Waals surface area contributed by atoms with E-state index in [1.807, 2.05) is 17.2 Å². The maximum absolute atomic E-state index is 10.8. The van der Waals surface area contributed by atoms with Crippen LogP contribution in [0.25, 0.3) is 0 Å². The molecule has 1 rings (SSSR count). The summed E-state index contributed by atoms with van der Waals surface area (Å²) in [5.74, 6) is 0.682. The lowest BCUT2D eigenvalue weighted by Crippen LogP contribution is -2.26. The Hall–Kier alpha value is -0.640. The first-order chi connectivity index (χ1) is 5.24. The number of allylic oxidation sites excluding steroid dienone is 1. The van der Waals surface area contributed by atoms with Crippen LogP contribution in [0.5, 0.6) is 0 Å². The van der Waals surface area contributed by atoms with E-state index in [-0.39, 0.29) is 5.97 Å². The van der Waals surface area contributed by atoms with Gasteiger partial charge in [-0.3, -0.25) is 4.79 Å². The molecule has 1 aliphatic rings. The van der Waals surface area contributed by atoms with E-state index >= 15 is 0 Å². The van der Waals surface area contributed by atoms with Crippen LogP contribution in [0.15, 0.2) is 11.1 Å². The third kappa shape index (κ3) is 2.15. The summed E-state index contributed by atoms with van der Waals surface area (Å²) in [5, 5.41) is 2.04. The van der Waals surface area contributed by atoms with Gasteiger partial charge in [-0.05, 0) is 12.3 Å². The van der Waals surface area contributed by atoms with Gasteiger partial charge < -0.3 is 9.64 Å². The molecule has 11 heavy (non-hydrogen) atoms. The van der Waals surface area contributed by atoms with Gasteiger partial charge in [-0.2, -0.15) is 0 Å². The van der Waals surface area contributed by atoms with Crippen molar-refractivity contribution in [1.82, 2.24) is 4.90 Å². The number of rotatable bonds is 2. The van der Waals surface area contributed by atoms with Crippen LogP contribution < -0.4 is 0 Å². The van der Waals surface area contributed by atoms with Crippen molar-refractivity contribution in [3.63, 3.8) is 0 Å². The highest BCUT2D eigenvalue weighted by molar-refractivity contribution is 8.02. The lowest BCUT2D eigenvalue weighted by atomic mass is 10.4. The fraction of sp³-hybridized carbons (Fsp3) is 0.571. The molecule has 0 bridgehead atoms. The molecule has 62 valence electrons. The minimum Gasteiger partial charge on any atom is -0.468 e. The van der Waals surface area contributed by atoms with E-state index in [0.717, 1.165) is 11.6 Å². The zero-order chi connectivity index (χ0) is 8.27. The molecule has 0 saturated heterocycles. The summed E-state index contributed by atoms with van der Waals surface area (Å²) >= 11 is 1.70. The van der Waals surface area contributed by atoms with E-state index in [1.165, 1.54) is 7.11 Å². The van der Waals surface area contributed by atoms with Gasteiger partial charge in [0.25, 0.3) is 0 Å². The largest absolute Gasteiger partial charge is 0.468 e. The van der Waals surface area contributed by atoms with Crippen LogP contribution in [0.4, 0.5) is 0 Å². The van der Waals surface area contributed by atoms with Gasteiger partial charge in [-0.25, -0.2) is 0 Å². The van der Waals surface area contributed by atoms with Crippen LogP contribution in [0.2, 0.25) is 0 Å². The maximum atomic E-state index is 10.8. The number of carbonyl (C=O) groups excluding carboxylic acids is 1. The topological polar surface area (TPSA) is 29.5 Å². The van der Waals surface area contributed by atoms with E-state index in [2.05, 4.69) is 4.74 Å². The molecule has 0 aromatic rings. The Labute approximate surface area is 70.4 Å². The highest BCUT2D eigenvalue weighted by Crippen LogP contribution is 2.21. The molecule has 0 unspecified atom stereocenters. The monoisotopic (exact) mass is 173 g/mol. The van der Waals surface area contributed by atoms with E-state index in [4.69, 9.17) is 0 Å². The summed E-state index contributed by atoms with van der Waals surface area (Å²) in [4.78, 5) is 12.8. The zero-order valence-electron chi connectivity index (χ0n) is 6.66. The number of hydrogen-bond donors (Lipinski definition) is 0. The third-order valence-electron chi connectivity index (χ3n) is 1.53. The van der Waals surface area contributed by atoms with Crippen LogP contribution in [-0.2, 0) is 9.53 Å². The molecule has 0 amide bonds. The highest BCUT2D eigenvalue weighted by Gasteiger charge is 2.14. The van der Waals surface area contributed by atoms with Crippen molar-refractivity contribution in [1.29, 1.82) is 0 Å². The summed E-state index contributed by atoms with van der Waals surface area (Å²) in [6.45, 7) is 2.36. The molecule has 1 heterocycles. The van der Waals surface area contributed by atoms with Crippen molar-refractivity contribution in [2.45, 2.75) is 6.92 Å². The molecule has 0 aromatic carbocycles. The van der Waals surface area contributed by atoms with Crippen molar-refractivity contribution in [3.8, 4) is 0 Å². The SMILES string of the molecule is COC(=O)CN1CSC=C1C. The standard InChI is InChI=1S/C7H11NO2S/c1-6-4-11-5-8(6)3-7(9)10-2/h4H,3,5H2,1-2H3. The van der Waals surface area contributed by atoms with Gasteiger partial charge in [0.15, 0.2) is 0 Å². The fourth-order valence-electron chi connectivity index (χ4n) is 0.815. The van der Waals surface area contributed by atoms with Crippen LogP contribution in [-0.4, -0.2) is 30.4 Å². The van der Waals surface area contributed by atoms with Crippen molar-refractivity contribution < 1.29 is 9.53 Å². The van der Waals surface area contributed by atoms with Crippen LogP contribution in [0.3, 0.4) is 0 Å². The lowest BCUT2D eigenvalue weighted by molar-refractivity contribution is -0.141. The minimum atomic E-state index is -0.180. The number of carbonyl (C=O) groups is 1. The summed E-state index contributed by atoms with van der Waals surface area (Å²) in [5.41, 5.74) is 1.14. The number of nitrogens with zero attached hydrogens (tertiary/aromatic N) is 1. The molecule has 0 spiro atoms. The van der Waals surface area contributed by atoms with E-state index in [0.29, 0.717) is 6.54 Å².